The molecule has 0 aliphatic heterocycles. The van der Waals surface area contributed by atoms with Gasteiger partial charge in [0.15, 0.2) is 0 Å². The van der Waals surface area contributed by atoms with Gasteiger partial charge in [0.25, 0.3) is 0 Å². The van der Waals surface area contributed by atoms with Crippen LogP contribution in [0.1, 0.15) is 51.1 Å². The summed E-state index contributed by atoms with van der Waals surface area (Å²) in [5, 5.41) is 3.55. The molecule has 2 saturated carbocycles. The fraction of sp³-hybridized carbons (Fsp3) is 0.688. The number of anilines is 1. The quantitative estimate of drug-likeness (QED) is 0.777. The Kier molecular flexibility index (Phi) is 4.02. The summed E-state index contributed by atoms with van der Waals surface area (Å²) in [6.45, 7) is 4.38. The Morgan fingerprint density at radius 2 is 2.16 bits per heavy atom. The highest BCUT2D eigenvalue weighted by Gasteiger charge is 2.29. The minimum Gasteiger partial charge on any atom is -0.368 e. The second-order valence-corrected chi connectivity index (χ2v) is 5.94. The molecule has 1 aromatic heterocycles. The lowest BCUT2D eigenvalue weighted by atomic mass is 10.2. The summed E-state index contributed by atoms with van der Waals surface area (Å²) in [6.07, 6.45) is 9.93. The molecule has 3 heteroatoms. The lowest BCUT2D eigenvalue weighted by Gasteiger charge is -2.25. The van der Waals surface area contributed by atoms with Gasteiger partial charge in [-0.25, -0.2) is 0 Å². The summed E-state index contributed by atoms with van der Waals surface area (Å²) in [4.78, 5) is 7.08. The van der Waals surface area contributed by atoms with Gasteiger partial charge >= 0.3 is 0 Å². The molecule has 0 saturated heterocycles. The van der Waals surface area contributed by atoms with Gasteiger partial charge in [-0.1, -0.05) is 13.3 Å². The van der Waals surface area contributed by atoms with E-state index in [1.165, 1.54) is 56.5 Å². The number of nitrogens with one attached hydrogen (secondary N) is 1. The maximum absolute atomic E-state index is 4.49. The predicted octanol–water partition coefficient (Wildman–Crippen LogP) is 3.10. The molecule has 19 heavy (non-hydrogen) atoms. The van der Waals surface area contributed by atoms with Crippen LogP contribution in [0.25, 0.3) is 0 Å². The van der Waals surface area contributed by atoms with E-state index in [-0.39, 0.29) is 0 Å². The topological polar surface area (TPSA) is 28.2 Å². The van der Waals surface area contributed by atoms with Crippen LogP contribution in [0.4, 0.5) is 5.69 Å². The van der Waals surface area contributed by atoms with E-state index in [0.717, 1.165) is 18.6 Å². The molecule has 0 aromatic carbocycles. The van der Waals surface area contributed by atoms with E-state index in [0.29, 0.717) is 0 Å². The SMILES string of the molecule is CCCCN(c1ccnc(CNC2CC2)c1)C1CC1. The molecule has 2 aliphatic carbocycles. The Hall–Kier alpha value is -1.09. The number of nitrogens with zero attached hydrogens (tertiary/aromatic N) is 2. The zero-order valence-corrected chi connectivity index (χ0v) is 11.9. The van der Waals surface area contributed by atoms with Gasteiger partial charge in [-0.05, 0) is 44.2 Å². The van der Waals surface area contributed by atoms with E-state index in [1.807, 2.05) is 6.20 Å². The molecule has 3 rings (SSSR count). The molecule has 2 fully saturated rings. The van der Waals surface area contributed by atoms with Crippen LogP contribution in [0.15, 0.2) is 18.3 Å². The average molecular weight is 259 g/mol. The van der Waals surface area contributed by atoms with E-state index in [2.05, 4.69) is 34.3 Å². The number of unbranched alkanes of at least 4 members (excludes halogenated alkanes) is 1. The molecule has 104 valence electrons. The molecule has 0 unspecified atom stereocenters. The zero-order chi connectivity index (χ0) is 13.1. The van der Waals surface area contributed by atoms with Crippen LogP contribution in [0.2, 0.25) is 0 Å². The number of pyridine rings is 1. The Morgan fingerprint density at radius 1 is 1.32 bits per heavy atom. The maximum Gasteiger partial charge on any atom is 0.0562 e. The molecule has 2 aliphatic rings. The Morgan fingerprint density at radius 3 is 2.84 bits per heavy atom. The first-order valence-corrected chi connectivity index (χ1v) is 7.82. The summed E-state index contributed by atoms with van der Waals surface area (Å²) in [5.41, 5.74) is 2.56. The number of hydrogen-bond acceptors (Lipinski definition) is 3. The minimum atomic E-state index is 0.755. The van der Waals surface area contributed by atoms with Crippen molar-refractivity contribution in [3.05, 3.63) is 24.0 Å². The van der Waals surface area contributed by atoms with E-state index in [9.17, 15) is 0 Å². The second kappa shape index (κ2) is 5.91. The van der Waals surface area contributed by atoms with Crippen LogP contribution < -0.4 is 10.2 Å². The second-order valence-electron chi connectivity index (χ2n) is 5.94. The van der Waals surface area contributed by atoms with Crippen LogP contribution in [-0.2, 0) is 6.54 Å². The van der Waals surface area contributed by atoms with Crippen molar-refractivity contribution >= 4 is 5.69 Å². The highest BCUT2D eigenvalue weighted by Crippen LogP contribution is 2.32. The van der Waals surface area contributed by atoms with Gasteiger partial charge in [0, 0.05) is 37.1 Å². The zero-order valence-electron chi connectivity index (χ0n) is 11.9. The van der Waals surface area contributed by atoms with E-state index in [1.54, 1.807) is 0 Å². The molecule has 0 radical (unpaired) electrons. The van der Waals surface area contributed by atoms with Gasteiger partial charge in [-0.2, -0.15) is 0 Å². The highest BCUT2D eigenvalue weighted by molar-refractivity contribution is 5.48. The van der Waals surface area contributed by atoms with Gasteiger partial charge in [0.05, 0.1) is 5.69 Å². The normalized spacial score (nSPS) is 18.6. The summed E-state index contributed by atoms with van der Waals surface area (Å²) in [5.74, 6) is 0. The van der Waals surface area contributed by atoms with Crippen molar-refractivity contribution in [1.29, 1.82) is 0 Å². The van der Waals surface area contributed by atoms with Gasteiger partial charge < -0.3 is 10.2 Å². The van der Waals surface area contributed by atoms with Crippen molar-refractivity contribution in [2.75, 3.05) is 11.4 Å². The largest absolute Gasteiger partial charge is 0.368 e. The Labute approximate surface area is 116 Å². The maximum atomic E-state index is 4.49. The smallest absolute Gasteiger partial charge is 0.0562 e. The van der Waals surface area contributed by atoms with Gasteiger partial charge in [0.2, 0.25) is 0 Å². The van der Waals surface area contributed by atoms with Crippen molar-refractivity contribution in [1.82, 2.24) is 10.3 Å². The van der Waals surface area contributed by atoms with E-state index < -0.39 is 0 Å². The van der Waals surface area contributed by atoms with Crippen LogP contribution in [0.5, 0.6) is 0 Å². The predicted molar refractivity (Wildman–Crippen MR) is 79.4 cm³/mol. The number of rotatable bonds is 8. The molecular weight excluding hydrogens is 234 g/mol. The fourth-order valence-electron chi connectivity index (χ4n) is 2.51. The first-order chi connectivity index (χ1) is 9.36. The molecule has 1 heterocycles. The van der Waals surface area contributed by atoms with Crippen LogP contribution in [-0.4, -0.2) is 23.6 Å². The molecular formula is C16H25N3. The average Bonchev–Trinajstić information content (AvgIpc) is 3.30. The van der Waals surface area contributed by atoms with Gasteiger partial charge in [0.1, 0.15) is 0 Å². The standard InChI is InChI=1S/C16H25N3/c1-2-3-10-19(15-6-7-15)16-8-9-17-14(11-16)12-18-13-4-5-13/h8-9,11,13,15,18H,2-7,10,12H2,1H3. The third-order valence-electron chi connectivity index (χ3n) is 4.02. The van der Waals surface area contributed by atoms with Crippen molar-refractivity contribution in [3.8, 4) is 0 Å². The highest BCUT2D eigenvalue weighted by atomic mass is 15.2. The molecule has 0 spiro atoms. The molecule has 0 amide bonds. The molecule has 0 bridgehead atoms. The lowest BCUT2D eigenvalue weighted by Crippen LogP contribution is -2.27. The summed E-state index contributed by atoms with van der Waals surface area (Å²) in [7, 11) is 0. The molecule has 1 N–H and O–H groups in total. The van der Waals surface area contributed by atoms with Crippen LogP contribution >= 0.6 is 0 Å². The monoisotopic (exact) mass is 259 g/mol. The van der Waals surface area contributed by atoms with Crippen molar-refractivity contribution < 1.29 is 0 Å². The van der Waals surface area contributed by atoms with Crippen LogP contribution in [0.3, 0.4) is 0 Å². The number of hydrogen-bond donors (Lipinski definition) is 1. The molecule has 3 nitrogen and oxygen atoms in total. The van der Waals surface area contributed by atoms with Crippen molar-refractivity contribution in [2.45, 2.75) is 64.1 Å². The Balaban J connectivity index is 1.64. The Bertz CT molecular complexity index is 410. The lowest BCUT2D eigenvalue weighted by molar-refractivity contribution is 0.671. The van der Waals surface area contributed by atoms with Gasteiger partial charge in [-0.3, -0.25) is 4.98 Å². The molecule has 0 atom stereocenters. The van der Waals surface area contributed by atoms with Gasteiger partial charge in [-0.15, -0.1) is 0 Å². The summed E-state index contributed by atoms with van der Waals surface area (Å²) in [6, 6.07) is 6.00. The number of aromatic nitrogens is 1. The third kappa shape index (κ3) is 3.69. The minimum absolute atomic E-state index is 0.755. The third-order valence-corrected chi connectivity index (χ3v) is 4.02. The molecule has 1 aromatic rings. The first kappa shape index (κ1) is 12.9. The summed E-state index contributed by atoms with van der Waals surface area (Å²) < 4.78 is 0. The van der Waals surface area contributed by atoms with Crippen molar-refractivity contribution in [3.63, 3.8) is 0 Å². The van der Waals surface area contributed by atoms with E-state index >= 15 is 0 Å². The van der Waals surface area contributed by atoms with E-state index in [4.69, 9.17) is 0 Å². The fourth-order valence-corrected chi connectivity index (χ4v) is 2.51. The first-order valence-electron chi connectivity index (χ1n) is 7.82. The van der Waals surface area contributed by atoms with Crippen LogP contribution in [0, 0.1) is 0 Å². The van der Waals surface area contributed by atoms with Crippen molar-refractivity contribution in [2.24, 2.45) is 0 Å². The summed E-state index contributed by atoms with van der Waals surface area (Å²) >= 11 is 0.